The van der Waals surface area contributed by atoms with E-state index >= 15 is 0 Å². The lowest BCUT2D eigenvalue weighted by atomic mass is 9.97. The van der Waals surface area contributed by atoms with E-state index in [1.165, 1.54) is 65.5 Å². The highest BCUT2D eigenvalue weighted by atomic mass is 15.0. The lowest BCUT2D eigenvalue weighted by molar-refractivity contribution is 1.18. The predicted octanol–water partition coefficient (Wildman–Crippen LogP) is 11.7. The number of hydrogen-bond acceptors (Lipinski definition) is 1. The highest BCUT2D eigenvalue weighted by Crippen LogP contribution is 2.44. The molecule has 0 aliphatic rings. The molecule has 0 saturated heterocycles. The van der Waals surface area contributed by atoms with Crippen molar-refractivity contribution in [1.29, 1.82) is 5.26 Å². The lowest BCUT2D eigenvalue weighted by Gasteiger charge is -2.14. The zero-order valence-corrected chi connectivity index (χ0v) is 25.9. The molecule has 0 saturated carbocycles. The Morgan fingerprint density at radius 3 is 1.92 bits per heavy atom. The Morgan fingerprint density at radius 2 is 1.06 bits per heavy atom. The topological polar surface area (TPSA) is 33.6 Å². The molecule has 10 rings (SSSR count). The first kappa shape index (κ1) is 26.6. The Morgan fingerprint density at radius 1 is 0.396 bits per heavy atom. The summed E-state index contributed by atoms with van der Waals surface area (Å²) >= 11 is 0. The summed E-state index contributed by atoms with van der Waals surface area (Å²) in [5, 5.41) is 19.0. The minimum Gasteiger partial charge on any atom is -0.309 e. The third kappa shape index (κ3) is 3.75. The number of nitrogens with zero attached hydrogens (tertiary/aromatic N) is 3. The second-order valence-corrected chi connectivity index (χ2v) is 12.5. The summed E-state index contributed by atoms with van der Waals surface area (Å²) in [6.45, 7) is 0. The predicted molar refractivity (Wildman–Crippen MR) is 200 cm³/mol. The van der Waals surface area contributed by atoms with Gasteiger partial charge in [0.15, 0.2) is 0 Å². The van der Waals surface area contributed by atoms with Crippen LogP contribution in [0.2, 0.25) is 0 Å². The van der Waals surface area contributed by atoms with Gasteiger partial charge < -0.3 is 9.13 Å². The molecule has 0 aliphatic heterocycles. The Kier molecular flexibility index (Phi) is 5.64. The highest BCUT2D eigenvalue weighted by Gasteiger charge is 2.21. The lowest BCUT2D eigenvalue weighted by Crippen LogP contribution is -1.96. The summed E-state index contributed by atoms with van der Waals surface area (Å²) in [6, 6.07) is 60.9. The van der Waals surface area contributed by atoms with Gasteiger partial charge in [-0.1, -0.05) is 109 Å². The molecule has 0 N–H and O–H groups in total. The van der Waals surface area contributed by atoms with E-state index < -0.39 is 0 Å². The van der Waals surface area contributed by atoms with Crippen molar-refractivity contribution in [3.63, 3.8) is 0 Å². The molecule has 0 unspecified atom stereocenters. The van der Waals surface area contributed by atoms with Crippen molar-refractivity contribution < 1.29 is 0 Å². The molecule has 0 fully saturated rings. The molecule has 48 heavy (non-hydrogen) atoms. The molecule has 0 spiro atoms. The van der Waals surface area contributed by atoms with Crippen molar-refractivity contribution in [3.05, 3.63) is 169 Å². The molecule has 3 nitrogen and oxygen atoms in total. The molecule has 10 aromatic rings. The van der Waals surface area contributed by atoms with E-state index in [4.69, 9.17) is 0 Å². The average Bonchev–Trinajstić information content (AvgIpc) is 3.68. The molecule has 0 radical (unpaired) electrons. The Bertz CT molecular complexity index is 2950. The van der Waals surface area contributed by atoms with Gasteiger partial charge in [-0.05, 0) is 81.7 Å². The van der Waals surface area contributed by atoms with Crippen LogP contribution in [0.4, 0.5) is 0 Å². The van der Waals surface area contributed by atoms with Gasteiger partial charge in [0.05, 0.1) is 33.7 Å². The highest BCUT2D eigenvalue weighted by molar-refractivity contribution is 6.21. The standard InChI is InChI=1S/C45H27N3/c46-28-29-20-25-34-31(26-29)22-21-30-23-24-33(27-40(30)34)48-41-17-6-4-12-35(41)37-15-8-16-38(45(37)48)36-14-9-19-43-44(36)39-13-5-7-18-42(39)47(43)32-10-2-1-3-11-32/h1-27H. The van der Waals surface area contributed by atoms with E-state index in [1.807, 2.05) is 12.1 Å². The summed E-state index contributed by atoms with van der Waals surface area (Å²) in [6.07, 6.45) is 0. The quantitative estimate of drug-likeness (QED) is 0.183. The van der Waals surface area contributed by atoms with Gasteiger partial charge in [-0.2, -0.15) is 5.26 Å². The summed E-state index contributed by atoms with van der Waals surface area (Å²) in [5.41, 5.74) is 10.1. The SMILES string of the molecule is N#Cc1ccc2c(ccc3ccc(-n4c5ccccc5c5cccc(-c6cccc7c6c6ccccc6n7-c6ccccc6)c54)cc32)c1. The van der Waals surface area contributed by atoms with Crippen molar-refractivity contribution >= 4 is 65.2 Å². The van der Waals surface area contributed by atoms with Crippen LogP contribution in [-0.2, 0) is 0 Å². The Labute approximate surface area is 276 Å². The van der Waals surface area contributed by atoms with Crippen LogP contribution in [0, 0.1) is 11.3 Å². The maximum Gasteiger partial charge on any atom is 0.0991 e. The van der Waals surface area contributed by atoms with Crippen LogP contribution >= 0.6 is 0 Å². The van der Waals surface area contributed by atoms with Gasteiger partial charge in [-0.15, -0.1) is 0 Å². The maximum atomic E-state index is 9.53. The number of nitriles is 1. The molecule has 0 amide bonds. The third-order valence-corrected chi connectivity index (χ3v) is 9.91. The molecular formula is C45H27N3. The van der Waals surface area contributed by atoms with Crippen molar-refractivity contribution in [3.8, 4) is 28.6 Å². The fraction of sp³-hybridized carbons (Fsp3) is 0. The number of aromatic nitrogens is 2. The second-order valence-electron chi connectivity index (χ2n) is 12.5. The van der Waals surface area contributed by atoms with Gasteiger partial charge in [0.1, 0.15) is 0 Å². The molecule has 3 heteroatoms. The Balaban J connectivity index is 1.32. The largest absolute Gasteiger partial charge is 0.309 e. The number of para-hydroxylation sites is 4. The van der Waals surface area contributed by atoms with Crippen molar-refractivity contribution in [2.75, 3.05) is 0 Å². The van der Waals surface area contributed by atoms with Crippen LogP contribution in [0.3, 0.4) is 0 Å². The molecule has 8 aromatic carbocycles. The van der Waals surface area contributed by atoms with Crippen molar-refractivity contribution in [2.45, 2.75) is 0 Å². The first-order valence-corrected chi connectivity index (χ1v) is 16.3. The average molecular weight is 610 g/mol. The fourth-order valence-electron chi connectivity index (χ4n) is 7.86. The van der Waals surface area contributed by atoms with Gasteiger partial charge in [-0.25, -0.2) is 0 Å². The fourth-order valence-corrected chi connectivity index (χ4v) is 7.86. The first-order valence-electron chi connectivity index (χ1n) is 16.3. The van der Waals surface area contributed by atoms with Crippen LogP contribution in [0.1, 0.15) is 5.56 Å². The minimum atomic E-state index is 0.674. The summed E-state index contributed by atoms with van der Waals surface area (Å²) in [7, 11) is 0. The Hall–Kier alpha value is -6.63. The number of benzene rings is 8. The molecule has 0 aliphatic carbocycles. The van der Waals surface area contributed by atoms with E-state index in [0.29, 0.717) is 5.56 Å². The molecule has 2 aromatic heterocycles. The normalized spacial score (nSPS) is 11.7. The smallest absolute Gasteiger partial charge is 0.0991 e. The number of fused-ring (bicyclic) bond motifs is 9. The van der Waals surface area contributed by atoms with Crippen LogP contribution in [0.25, 0.3) is 87.7 Å². The molecule has 0 atom stereocenters. The molecule has 2 heterocycles. The molecule has 222 valence electrons. The van der Waals surface area contributed by atoms with Crippen LogP contribution in [0.15, 0.2) is 164 Å². The van der Waals surface area contributed by atoms with E-state index in [0.717, 1.165) is 22.1 Å². The van der Waals surface area contributed by atoms with E-state index in [-0.39, 0.29) is 0 Å². The number of rotatable bonds is 3. The van der Waals surface area contributed by atoms with Crippen LogP contribution < -0.4 is 0 Å². The van der Waals surface area contributed by atoms with Crippen LogP contribution in [-0.4, -0.2) is 9.13 Å². The minimum absolute atomic E-state index is 0.674. The van der Waals surface area contributed by atoms with Crippen molar-refractivity contribution in [1.82, 2.24) is 9.13 Å². The van der Waals surface area contributed by atoms with E-state index in [9.17, 15) is 5.26 Å². The van der Waals surface area contributed by atoms with Gasteiger partial charge in [0, 0.05) is 38.5 Å². The van der Waals surface area contributed by atoms with Crippen LogP contribution in [0.5, 0.6) is 0 Å². The van der Waals surface area contributed by atoms with E-state index in [2.05, 4.69) is 167 Å². The molecular weight excluding hydrogens is 583 g/mol. The zero-order valence-electron chi connectivity index (χ0n) is 25.9. The third-order valence-electron chi connectivity index (χ3n) is 9.91. The van der Waals surface area contributed by atoms with Gasteiger partial charge in [0.2, 0.25) is 0 Å². The summed E-state index contributed by atoms with van der Waals surface area (Å²) < 4.78 is 4.83. The monoisotopic (exact) mass is 609 g/mol. The summed E-state index contributed by atoms with van der Waals surface area (Å²) in [4.78, 5) is 0. The molecule has 0 bridgehead atoms. The van der Waals surface area contributed by atoms with Crippen molar-refractivity contribution in [2.24, 2.45) is 0 Å². The maximum absolute atomic E-state index is 9.53. The van der Waals surface area contributed by atoms with E-state index in [1.54, 1.807) is 0 Å². The number of hydrogen-bond donors (Lipinski definition) is 0. The zero-order chi connectivity index (χ0) is 31.8. The summed E-state index contributed by atoms with van der Waals surface area (Å²) in [5.74, 6) is 0. The van der Waals surface area contributed by atoms with Gasteiger partial charge in [0.25, 0.3) is 0 Å². The van der Waals surface area contributed by atoms with Gasteiger partial charge >= 0.3 is 0 Å². The second kappa shape index (κ2) is 10.2. The van der Waals surface area contributed by atoms with Gasteiger partial charge in [-0.3, -0.25) is 0 Å². The first-order chi connectivity index (χ1) is 23.8.